The average molecular weight is 292 g/mol. The maximum Gasteiger partial charge on any atom is 0.220 e. The van der Waals surface area contributed by atoms with E-state index in [0.29, 0.717) is 24.3 Å². The van der Waals surface area contributed by atoms with E-state index in [1.54, 1.807) is 0 Å². The molecule has 1 atom stereocenters. The van der Waals surface area contributed by atoms with Crippen molar-refractivity contribution >= 4 is 5.91 Å². The van der Waals surface area contributed by atoms with E-state index in [1.807, 2.05) is 0 Å². The van der Waals surface area contributed by atoms with E-state index in [-0.39, 0.29) is 0 Å². The summed E-state index contributed by atoms with van der Waals surface area (Å²) < 4.78 is 0. The Morgan fingerprint density at radius 1 is 1.10 bits per heavy atom. The smallest absolute Gasteiger partial charge is 0.220 e. The molecule has 1 unspecified atom stereocenters. The maximum atomic E-state index is 12.3. The van der Waals surface area contributed by atoms with Crippen LogP contribution in [0.4, 0.5) is 0 Å². The number of hydrogen-bond donors (Lipinski definition) is 2. The minimum atomic E-state index is 0.294. The molecule has 1 amide bonds. The molecule has 0 aliphatic heterocycles. The van der Waals surface area contributed by atoms with Gasteiger partial charge in [0.1, 0.15) is 0 Å². The molecule has 3 heteroatoms. The maximum absolute atomic E-state index is 12.3. The molecule has 3 N–H and O–H groups in total. The Kier molecular flexibility index (Phi) is 4.88. The Morgan fingerprint density at radius 3 is 2.24 bits per heavy atom. The zero-order valence-electron chi connectivity index (χ0n) is 13.5. The van der Waals surface area contributed by atoms with Crippen LogP contribution in [0.1, 0.15) is 64.7 Å². The lowest BCUT2D eigenvalue weighted by Crippen LogP contribution is -2.55. The van der Waals surface area contributed by atoms with Crippen molar-refractivity contribution in [3.63, 3.8) is 0 Å². The van der Waals surface area contributed by atoms with Gasteiger partial charge in [-0.3, -0.25) is 4.79 Å². The number of hydrogen-bond acceptors (Lipinski definition) is 2. The number of nitrogens with two attached hydrogens (primary N) is 1. The van der Waals surface area contributed by atoms with Gasteiger partial charge in [0.25, 0.3) is 0 Å². The van der Waals surface area contributed by atoms with Gasteiger partial charge in [0.2, 0.25) is 5.91 Å². The number of nitrogens with one attached hydrogen (secondary N) is 1. The van der Waals surface area contributed by atoms with Crippen molar-refractivity contribution in [3.05, 3.63) is 0 Å². The summed E-state index contributed by atoms with van der Waals surface area (Å²) in [5.41, 5.74) is 5.64. The van der Waals surface area contributed by atoms with Gasteiger partial charge in [-0.1, -0.05) is 13.3 Å². The molecule has 120 valence electrons. The predicted molar refractivity (Wildman–Crippen MR) is 85.7 cm³/mol. The second-order valence-electron chi connectivity index (χ2n) is 7.91. The third-order valence-corrected chi connectivity index (χ3v) is 6.49. The van der Waals surface area contributed by atoms with Crippen LogP contribution in [-0.4, -0.2) is 18.5 Å². The highest BCUT2D eigenvalue weighted by molar-refractivity contribution is 5.76. The number of rotatable bonds is 7. The summed E-state index contributed by atoms with van der Waals surface area (Å²) in [6.45, 7) is 2.95. The molecule has 0 aromatic carbocycles. The normalized spacial score (nSPS) is 38.5. The Balaban J connectivity index is 1.47. The summed E-state index contributed by atoms with van der Waals surface area (Å²) in [7, 11) is 0. The highest BCUT2D eigenvalue weighted by atomic mass is 16.1. The second kappa shape index (κ2) is 6.68. The lowest BCUT2D eigenvalue weighted by molar-refractivity contribution is -0.125. The molecule has 3 nitrogen and oxygen atoms in total. The van der Waals surface area contributed by atoms with Crippen LogP contribution < -0.4 is 11.1 Å². The molecule has 0 aromatic heterocycles. The van der Waals surface area contributed by atoms with Crippen molar-refractivity contribution in [2.45, 2.75) is 70.8 Å². The SMILES string of the molecule is CCC(CCN)CCC(=O)NC1C2CC3CC(C2)CC1C3. The van der Waals surface area contributed by atoms with Gasteiger partial charge in [0.05, 0.1) is 0 Å². The van der Waals surface area contributed by atoms with Crippen molar-refractivity contribution in [3.8, 4) is 0 Å². The van der Waals surface area contributed by atoms with Gasteiger partial charge in [-0.05, 0) is 81.1 Å². The van der Waals surface area contributed by atoms with Crippen LogP contribution in [0.3, 0.4) is 0 Å². The Labute approximate surface area is 129 Å². The van der Waals surface area contributed by atoms with Gasteiger partial charge < -0.3 is 11.1 Å². The Morgan fingerprint density at radius 2 is 1.71 bits per heavy atom. The fourth-order valence-corrected chi connectivity index (χ4v) is 5.54. The fourth-order valence-electron chi connectivity index (χ4n) is 5.54. The zero-order valence-corrected chi connectivity index (χ0v) is 13.5. The van der Waals surface area contributed by atoms with Crippen LogP contribution in [0, 0.1) is 29.6 Å². The summed E-state index contributed by atoms with van der Waals surface area (Å²) >= 11 is 0. The van der Waals surface area contributed by atoms with Crippen molar-refractivity contribution in [1.82, 2.24) is 5.32 Å². The van der Waals surface area contributed by atoms with E-state index in [4.69, 9.17) is 5.73 Å². The van der Waals surface area contributed by atoms with Crippen LogP contribution in [0.25, 0.3) is 0 Å². The van der Waals surface area contributed by atoms with Gasteiger partial charge in [-0.25, -0.2) is 0 Å². The van der Waals surface area contributed by atoms with Crippen molar-refractivity contribution in [1.29, 1.82) is 0 Å². The minimum absolute atomic E-state index is 0.294. The largest absolute Gasteiger partial charge is 0.353 e. The summed E-state index contributed by atoms with van der Waals surface area (Å²) in [5.74, 6) is 4.46. The molecule has 0 saturated heterocycles. The topological polar surface area (TPSA) is 55.1 Å². The fraction of sp³-hybridized carbons (Fsp3) is 0.944. The molecular formula is C18H32N2O. The van der Waals surface area contributed by atoms with Crippen molar-refractivity contribution in [2.24, 2.45) is 35.3 Å². The van der Waals surface area contributed by atoms with Gasteiger partial charge in [0.15, 0.2) is 0 Å². The van der Waals surface area contributed by atoms with Crippen LogP contribution in [-0.2, 0) is 4.79 Å². The molecule has 4 saturated carbocycles. The molecule has 4 bridgehead atoms. The molecule has 4 aliphatic carbocycles. The van der Waals surface area contributed by atoms with E-state index in [2.05, 4.69) is 12.2 Å². The van der Waals surface area contributed by atoms with Gasteiger partial charge >= 0.3 is 0 Å². The molecule has 0 heterocycles. The molecule has 4 fully saturated rings. The highest BCUT2D eigenvalue weighted by Gasteiger charge is 2.48. The van der Waals surface area contributed by atoms with E-state index in [0.717, 1.165) is 49.5 Å². The summed E-state index contributed by atoms with van der Waals surface area (Å²) in [6.07, 6.45) is 10.9. The van der Waals surface area contributed by atoms with Gasteiger partial charge in [-0.2, -0.15) is 0 Å². The zero-order chi connectivity index (χ0) is 14.8. The monoisotopic (exact) mass is 292 g/mol. The van der Waals surface area contributed by atoms with Crippen LogP contribution in [0.2, 0.25) is 0 Å². The first-order valence-electron chi connectivity index (χ1n) is 9.19. The Hall–Kier alpha value is -0.570. The summed E-state index contributed by atoms with van der Waals surface area (Å²) in [5, 5.41) is 3.41. The molecule has 4 aliphatic rings. The molecular weight excluding hydrogens is 260 g/mol. The number of carbonyl (C=O) groups is 1. The summed E-state index contributed by atoms with van der Waals surface area (Å²) in [4.78, 5) is 12.3. The first-order valence-corrected chi connectivity index (χ1v) is 9.19. The van der Waals surface area contributed by atoms with Gasteiger partial charge in [-0.15, -0.1) is 0 Å². The lowest BCUT2D eigenvalue weighted by atomic mass is 9.54. The van der Waals surface area contributed by atoms with Crippen LogP contribution >= 0.6 is 0 Å². The molecule has 0 spiro atoms. The third kappa shape index (κ3) is 3.44. The lowest BCUT2D eigenvalue weighted by Gasteiger charge is -2.54. The van der Waals surface area contributed by atoms with E-state index >= 15 is 0 Å². The van der Waals surface area contributed by atoms with Crippen LogP contribution in [0.5, 0.6) is 0 Å². The molecule has 0 aromatic rings. The standard InChI is InChI=1S/C18H32N2O/c1-2-12(5-6-19)3-4-17(21)20-18-15-8-13-7-14(10-15)11-16(18)9-13/h12-16,18H,2-11,19H2,1H3,(H,20,21). The van der Waals surface area contributed by atoms with Crippen LogP contribution in [0.15, 0.2) is 0 Å². The van der Waals surface area contributed by atoms with Crippen molar-refractivity contribution < 1.29 is 4.79 Å². The summed E-state index contributed by atoms with van der Waals surface area (Å²) in [6, 6.07) is 0.500. The molecule has 21 heavy (non-hydrogen) atoms. The van der Waals surface area contributed by atoms with E-state index < -0.39 is 0 Å². The predicted octanol–water partition coefficient (Wildman–Crippen LogP) is 3.08. The quantitative estimate of drug-likeness (QED) is 0.757. The molecule has 4 rings (SSSR count). The number of amides is 1. The third-order valence-electron chi connectivity index (χ3n) is 6.49. The first kappa shape index (κ1) is 15.3. The van der Waals surface area contributed by atoms with Crippen molar-refractivity contribution in [2.75, 3.05) is 6.54 Å². The second-order valence-corrected chi connectivity index (χ2v) is 7.91. The Bertz CT molecular complexity index is 340. The first-order chi connectivity index (χ1) is 10.2. The van der Waals surface area contributed by atoms with E-state index in [9.17, 15) is 4.79 Å². The van der Waals surface area contributed by atoms with E-state index in [1.165, 1.54) is 32.1 Å². The highest BCUT2D eigenvalue weighted by Crippen LogP contribution is 2.53. The average Bonchev–Trinajstić information content (AvgIpc) is 2.46. The van der Waals surface area contributed by atoms with Gasteiger partial charge in [0, 0.05) is 12.5 Å². The molecule has 0 radical (unpaired) electrons. The number of carbonyl (C=O) groups excluding carboxylic acids is 1. The minimum Gasteiger partial charge on any atom is -0.353 e.